The highest BCUT2D eigenvalue weighted by atomic mass is 16.5. The van der Waals surface area contributed by atoms with Crippen molar-refractivity contribution in [2.45, 2.75) is 25.3 Å². The van der Waals surface area contributed by atoms with E-state index in [0.717, 1.165) is 53.3 Å². The monoisotopic (exact) mass is 451 g/mol. The molecule has 0 amide bonds. The molecule has 1 aliphatic heterocycles. The molecule has 3 aliphatic rings. The molecule has 1 atom stereocenters. The number of pyridine rings is 2. The van der Waals surface area contributed by atoms with E-state index < -0.39 is 0 Å². The minimum Gasteiger partial charge on any atom is -0.423 e. The molecule has 4 heterocycles. The molecule has 170 valence electrons. The van der Waals surface area contributed by atoms with Crippen LogP contribution < -0.4 is 20.7 Å². The Balaban J connectivity index is 1.33. The van der Waals surface area contributed by atoms with Crippen molar-refractivity contribution in [3.05, 3.63) is 60.0 Å². The largest absolute Gasteiger partial charge is 0.423 e. The topological polar surface area (TPSA) is 102 Å². The number of hydrogen-bond acceptors (Lipinski definition) is 8. The number of anilines is 2. The van der Waals surface area contributed by atoms with E-state index in [2.05, 4.69) is 38.4 Å². The molecule has 34 heavy (non-hydrogen) atoms. The molecule has 0 radical (unpaired) electrons. The molecule has 1 unspecified atom stereocenters. The zero-order valence-corrected chi connectivity index (χ0v) is 19.0. The number of nitrogens with one attached hydrogen (secondary N) is 1. The van der Waals surface area contributed by atoms with Gasteiger partial charge in [0, 0.05) is 61.5 Å². The van der Waals surface area contributed by atoms with Crippen molar-refractivity contribution < 1.29 is 4.74 Å². The number of benzene rings is 1. The lowest BCUT2D eigenvalue weighted by Gasteiger charge is -2.21. The molecule has 1 saturated heterocycles. The lowest BCUT2D eigenvalue weighted by Crippen LogP contribution is -2.30. The Hall–Kier alpha value is -3.78. The van der Waals surface area contributed by atoms with Crippen molar-refractivity contribution in [2.24, 2.45) is 11.1 Å². The average Bonchev–Trinajstić information content (AvgIpc) is 3.43. The Bertz CT molecular complexity index is 1450. The first-order valence-corrected chi connectivity index (χ1v) is 11.7. The minimum atomic E-state index is 0.169. The summed E-state index contributed by atoms with van der Waals surface area (Å²) in [5.41, 5.74) is 14.0. The fraction of sp³-hybridized carbons (Fsp3) is 0.308. The van der Waals surface area contributed by atoms with Crippen LogP contribution in [0.5, 0.6) is 11.8 Å². The van der Waals surface area contributed by atoms with Gasteiger partial charge in [-0.05, 0) is 42.2 Å². The van der Waals surface area contributed by atoms with Gasteiger partial charge in [-0.25, -0.2) is 0 Å². The van der Waals surface area contributed by atoms with Gasteiger partial charge in [0.1, 0.15) is 5.82 Å². The molecular weight excluding hydrogens is 426 g/mol. The number of ether oxygens (including phenoxy) is 1. The van der Waals surface area contributed by atoms with Gasteiger partial charge in [0.05, 0.1) is 22.9 Å². The Morgan fingerprint density at radius 1 is 1.12 bits per heavy atom. The van der Waals surface area contributed by atoms with Crippen LogP contribution >= 0.6 is 0 Å². The molecular formula is C26H25N7O. The highest BCUT2D eigenvalue weighted by Gasteiger charge is 2.54. The number of aromatic nitrogens is 4. The van der Waals surface area contributed by atoms with Crippen LogP contribution in [0.3, 0.4) is 0 Å². The summed E-state index contributed by atoms with van der Waals surface area (Å²) in [5.74, 6) is 1.48. The third-order valence-corrected chi connectivity index (χ3v) is 7.54. The first-order chi connectivity index (χ1) is 16.6. The van der Waals surface area contributed by atoms with Crippen LogP contribution in [0.15, 0.2) is 48.8 Å². The maximum Gasteiger partial charge on any atom is 0.324 e. The van der Waals surface area contributed by atoms with Crippen LogP contribution in [-0.2, 0) is 6.42 Å². The van der Waals surface area contributed by atoms with Crippen LogP contribution in [-0.4, -0.2) is 46.1 Å². The van der Waals surface area contributed by atoms with Crippen molar-refractivity contribution in [1.29, 1.82) is 0 Å². The van der Waals surface area contributed by atoms with Gasteiger partial charge in [0.2, 0.25) is 0 Å². The molecule has 1 aromatic carbocycles. The number of nitrogens with zero attached hydrogens (tertiary/aromatic N) is 5. The van der Waals surface area contributed by atoms with Crippen LogP contribution in [0.1, 0.15) is 24.1 Å². The lowest BCUT2D eigenvalue weighted by atomic mass is 10.0. The Kier molecular flexibility index (Phi) is 4.11. The van der Waals surface area contributed by atoms with Gasteiger partial charge in [-0.2, -0.15) is 9.97 Å². The molecule has 1 spiro atoms. The Labute approximate surface area is 197 Å². The maximum atomic E-state index is 6.56. The van der Waals surface area contributed by atoms with Gasteiger partial charge >= 0.3 is 6.01 Å². The van der Waals surface area contributed by atoms with Gasteiger partial charge in [-0.3, -0.25) is 9.97 Å². The second kappa shape index (κ2) is 7.11. The summed E-state index contributed by atoms with van der Waals surface area (Å²) in [5, 5.41) is 3.32. The number of fused-ring (bicyclic) bond motifs is 4. The average molecular weight is 452 g/mol. The van der Waals surface area contributed by atoms with E-state index in [-0.39, 0.29) is 11.5 Å². The van der Waals surface area contributed by atoms with E-state index in [9.17, 15) is 0 Å². The second-order valence-corrected chi connectivity index (χ2v) is 9.57. The molecule has 4 aromatic rings. The molecule has 3 N–H and O–H groups in total. The number of hydrogen-bond donors (Lipinski definition) is 2. The zero-order chi connectivity index (χ0) is 22.9. The molecule has 3 aromatic heterocycles. The van der Waals surface area contributed by atoms with Gasteiger partial charge in [0.15, 0.2) is 5.75 Å². The molecule has 2 aliphatic carbocycles. The Morgan fingerprint density at radius 3 is 2.85 bits per heavy atom. The van der Waals surface area contributed by atoms with Crippen molar-refractivity contribution in [3.8, 4) is 22.9 Å². The van der Waals surface area contributed by atoms with E-state index >= 15 is 0 Å². The van der Waals surface area contributed by atoms with E-state index in [1.54, 1.807) is 12.4 Å². The first-order valence-electron chi connectivity index (χ1n) is 11.7. The summed E-state index contributed by atoms with van der Waals surface area (Å²) in [6.07, 6.45) is 6.56. The fourth-order valence-corrected chi connectivity index (χ4v) is 5.50. The first kappa shape index (κ1) is 19.7. The third-order valence-electron chi connectivity index (χ3n) is 7.54. The molecule has 2 fully saturated rings. The van der Waals surface area contributed by atoms with E-state index in [1.807, 2.05) is 25.2 Å². The van der Waals surface area contributed by atoms with Gasteiger partial charge < -0.3 is 20.7 Å². The zero-order valence-electron chi connectivity index (χ0n) is 19.0. The molecule has 8 nitrogen and oxygen atoms in total. The Morgan fingerprint density at radius 2 is 2.03 bits per heavy atom. The molecule has 0 bridgehead atoms. The highest BCUT2D eigenvalue weighted by molar-refractivity contribution is 5.88. The predicted molar refractivity (Wildman–Crippen MR) is 131 cm³/mol. The summed E-state index contributed by atoms with van der Waals surface area (Å²) < 4.78 is 6.16. The maximum absolute atomic E-state index is 6.56. The fourth-order valence-electron chi connectivity index (χ4n) is 5.50. The summed E-state index contributed by atoms with van der Waals surface area (Å²) in [6.45, 7) is 1.73. The minimum absolute atomic E-state index is 0.169. The molecule has 8 heteroatoms. The standard InChI is InChI=1S/C26H25N7O/c1-28-18-5-2-4-16-17(18)11-21-23(16)24(33-13-22(27)26(14-33)7-8-26)32-25(31-21)34-15-10-20-19(30-12-15)6-3-9-29-20/h2-6,9-10,12,22,28H,7-8,11,13-14,27H2,1H3. The quantitative estimate of drug-likeness (QED) is 0.426. The van der Waals surface area contributed by atoms with Crippen molar-refractivity contribution in [1.82, 2.24) is 19.9 Å². The van der Waals surface area contributed by atoms with Crippen molar-refractivity contribution in [2.75, 3.05) is 30.4 Å². The summed E-state index contributed by atoms with van der Waals surface area (Å²) >= 11 is 0. The predicted octanol–water partition coefficient (Wildman–Crippen LogP) is 3.75. The summed E-state index contributed by atoms with van der Waals surface area (Å²) in [7, 11) is 1.96. The number of rotatable bonds is 4. The number of nitrogens with two attached hydrogens (primary N) is 1. The molecule has 7 rings (SSSR count). The van der Waals surface area contributed by atoms with E-state index in [1.165, 1.54) is 24.0 Å². The van der Waals surface area contributed by atoms with E-state index in [0.29, 0.717) is 11.8 Å². The smallest absolute Gasteiger partial charge is 0.324 e. The summed E-state index contributed by atoms with van der Waals surface area (Å²) in [6, 6.07) is 12.5. The van der Waals surface area contributed by atoms with Gasteiger partial charge in [-0.15, -0.1) is 0 Å². The van der Waals surface area contributed by atoms with Crippen LogP contribution in [0.2, 0.25) is 0 Å². The normalized spacial score (nSPS) is 19.4. The van der Waals surface area contributed by atoms with Crippen LogP contribution in [0.4, 0.5) is 11.5 Å². The lowest BCUT2D eigenvalue weighted by molar-refractivity contribution is 0.439. The van der Waals surface area contributed by atoms with Crippen LogP contribution in [0, 0.1) is 5.41 Å². The SMILES string of the molecule is CNc1cccc2c1Cc1nc(Oc3cnc4cccnc4c3)nc(N3CC(N)C4(CC4)C3)c1-2. The third kappa shape index (κ3) is 2.95. The van der Waals surface area contributed by atoms with Crippen molar-refractivity contribution >= 4 is 22.5 Å². The van der Waals surface area contributed by atoms with Crippen molar-refractivity contribution in [3.63, 3.8) is 0 Å². The second-order valence-electron chi connectivity index (χ2n) is 9.57. The van der Waals surface area contributed by atoms with Gasteiger partial charge in [0.25, 0.3) is 0 Å². The molecule has 1 saturated carbocycles. The highest BCUT2D eigenvalue weighted by Crippen LogP contribution is 2.54. The summed E-state index contributed by atoms with van der Waals surface area (Å²) in [4.78, 5) is 21.0. The van der Waals surface area contributed by atoms with Crippen LogP contribution in [0.25, 0.3) is 22.2 Å². The van der Waals surface area contributed by atoms with Gasteiger partial charge in [-0.1, -0.05) is 12.1 Å². The van der Waals surface area contributed by atoms with E-state index in [4.69, 9.17) is 20.4 Å².